The Balaban J connectivity index is 1.86. The molecule has 0 aromatic heterocycles. The van der Waals surface area contributed by atoms with Crippen LogP contribution in [-0.2, 0) is 4.79 Å². The Hall–Kier alpha value is -0.610. The van der Waals surface area contributed by atoms with Gasteiger partial charge in [0, 0.05) is 13.1 Å². The molecule has 0 bridgehead atoms. The molecule has 2 fully saturated rings. The fraction of sp³-hybridized carbons (Fsp3) is 0.917. The van der Waals surface area contributed by atoms with Crippen molar-refractivity contribution in [1.82, 2.24) is 10.6 Å². The zero-order valence-electron chi connectivity index (χ0n) is 10.0. The summed E-state index contributed by atoms with van der Waals surface area (Å²) in [6, 6.07) is 0. The summed E-state index contributed by atoms with van der Waals surface area (Å²) in [5.74, 6) is 0.111. The number of amides is 1. The van der Waals surface area contributed by atoms with E-state index in [0.29, 0.717) is 6.54 Å². The highest BCUT2D eigenvalue weighted by Gasteiger charge is 2.41. The minimum Gasteiger partial charge on any atom is -0.388 e. The van der Waals surface area contributed by atoms with E-state index in [-0.39, 0.29) is 11.3 Å². The van der Waals surface area contributed by atoms with E-state index in [2.05, 4.69) is 17.6 Å². The van der Waals surface area contributed by atoms with Crippen LogP contribution in [0.4, 0.5) is 0 Å². The number of hydrogen-bond acceptors (Lipinski definition) is 3. The molecule has 1 atom stereocenters. The second-order valence-electron chi connectivity index (χ2n) is 5.32. The van der Waals surface area contributed by atoms with Gasteiger partial charge in [0.05, 0.1) is 11.0 Å². The van der Waals surface area contributed by atoms with Crippen LogP contribution in [0.2, 0.25) is 0 Å². The van der Waals surface area contributed by atoms with E-state index in [1.807, 2.05) is 0 Å². The van der Waals surface area contributed by atoms with Gasteiger partial charge in [-0.05, 0) is 38.6 Å². The Morgan fingerprint density at radius 1 is 1.44 bits per heavy atom. The fourth-order valence-electron chi connectivity index (χ4n) is 2.59. The molecule has 0 radical (unpaired) electrons. The van der Waals surface area contributed by atoms with Crippen LogP contribution in [-0.4, -0.2) is 36.2 Å². The molecule has 1 saturated heterocycles. The van der Waals surface area contributed by atoms with E-state index in [1.165, 1.54) is 0 Å². The quantitative estimate of drug-likeness (QED) is 0.650. The highest BCUT2D eigenvalue weighted by atomic mass is 16.3. The van der Waals surface area contributed by atoms with Crippen molar-refractivity contribution in [3.05, 3.63) is 0 Å². The Kier molecular flexibility index (Phi) is 3.22. The van der Waals surface area contributed by atoms with Crippen LogP contribution in [0.1, 0.15) is 39.0 Å². The van der Waals surface area contributed by atoms with E-state index in [4.69, 9.17) is 0 Å². The third-order valence-corrected chi connectivity index (χ3v) is 4.26. The van der Waals surface area contributed by atoms with Gasteiger partial charge in [0.25, 0.3) is 0 Å². The van der Waals surface area contributed by atoms with Gasteiger partial charge < -0.3 is 15.7 Å². The topological polar surface area (TPSA) is 61.4 Å². The number of aliphatic hydroxyl groups is 1. The molecule has 0 aromatic carbocycles. The SMILES string of the molecule is CCC1(C(=O)NCC2(O)CCC2)CCNC1. The van der Waals surface area contributed by atoms with Gasteiger partial charge in [0.2, 0.25) is 5.91 Å². The van der Waals surface area contributed by atoms with Crippen LogP contribution in [0, 0.1) is 5.41 Å². The van der Waals surface area contributed by atoms with Crippen molar-refractivity contribution in [2.24, 2.45) is 5.41 Å². The summed E-state index contributed by atoms with van der Waals surface area (Å²) in [6.45, 7) is 4.18. The van der Waals surface area contributed by atoms with Crippen LogP contribution in [0.5, 0.6) is 0 Å². The minimum absolute atomic E-state index is 0.111. The molecular formula is C12H22N2O2. The Labute approximate surface area is 96.8 Å². The maximum atomic E-state index is 12.1. The molecule has 2 aliphatic rings. The van der Waals surface area contributed by atoms with Crippen LogP contribution in [0.3, 0.4) is 0 Å². The Morgan fingerprint density at radius 3 is 2.62 bits per heavy atom. The standard InChI is InChI=1S/C12H22N2O2/c1-2-11(6-7-13-8-11)10(15)14-9-12(16)4-3-5-12/h13,16H,2-9H2,1H3,(H,14,15). The highest BCUT2D eigenvalue weighted by Crippen LogP contribution is 2.32. The van der Waals surface area contributed by atoms with Gasteiger partial charge in [-0.1, -0.05) is 6.92 Å². The lowest BCUT2D eigenvalue weighted by Gasteiger charge is -2.37. The molecule has 1 aliphatic carbocycles. The van der Waals surface area contributed by atoms with Gasteiger partial charge in [-0.15, -0.1) is 0 Å². The highest BCUT2D eigenvalue weighted by molar-refractivity contribution is 5.83. The van der Waals surface area contributed by atoms with E-state index in [9.17, 15) is 9.90 Å². The molecule has 16 heavy (non-hydrogen) atoms. The van der Waals surface area contributed by atoms with Gasteiger partial charge in [0.1, 0.15) is 0 Å². The molecule has 1 saturated carbocycles. The van der Waals surface area contributed by atoms with Crippen LogP contribution in [0.25, 0.3) is 0 Å². The van der Waals surface area contributed by atoms with Crippen LogP contribution in [0.15, 0.2) is 0 Å². The smallest absolute Gasteiger partial charge is 0.227 e. The summed E-state index contributed by atoms with van der Waals surface area (Å²) >= 11 is 0. The first-order valence-electron chi connectivity index (χ1n) is 6.32. The molecule has 4 nitrogen and oxygen atoms in total. The van der Waals surface area contributed by atoms with Gasteiger partial charge in [-0.25, -0.2) is 0 Å². The molecule has 4 heteroatoms. The summed E-state index contributed by atoms with van der Waals surface area (Å²) in [5, 5.41) is 16.1. The average Bonchev–Trinajstić information content (AvgIpc) is 2.73. The summed E-state index contributed by atoms with van der Waals surface area (Å²) in [6.07, 6.45) is 4.50. The Bertz CT molecular complexity index is 268. The van der Waals surface area contributed by atoms with Crippen molar-refractivity contribution in [2.45, 2.75) is 44.6 Å². The molecule has 2 rings (SSSR count). The molecule has 3 N–H and O–H groups in total. The second kappa shape index (κ2) is 4.34. The molecular weight excluding hydrogens is 204 g/mol. The molecule has 1 amide bonds. The van der Waals surface area contributed by atoms with Crippen LogP contribution < -0.4 is 10.6 Å². The van der Waals surface area contributed by atoms with Gasteiger partial charge in [0.15, 0.2) is 0 Å². The first-order valence-corrected chi connectivity index (χ1v) is 6.32. The summed E-state index contributed by atoms with van der Waals surface area (Å²) in [5.41, 5.74) is -0.850. The third kappa shape index (κ3) is 2.09. The molecule has 0 spiro atoms. The maximum absolute atomic E-state index is 12.1. The second-order valence-corrected chi connectivity index (χ2v) is 5.32. The lowest BCUT2D eigenvalue weighted by Crippen LogP contribution is -2.51. The fourth-order valence-corrected chi connectivity index (χ4v) is 2.59. The lowest BCUT2D eigenvalue weighted by molar-refractivity contribution is -0.132. The first-order chi connectivity index (χ1) is 7.60. The summed E-state index contributed by atoms with van der Waals surface area (Å²) in [7, 11) is 0. The third-order valence-electron chi connectivity index (χ3n) is 4.26. The monoisotopic (exact) mass is 226 g/mol. The van der Waals surface area contributed by atoms with E-state index < -0.39 is 5.60 Å². The number of carbonyl (C=O) groups is 1. The number of carbonyl (C=O) groups excluding carboxylic acids is 1. The summed E-state index contributed by atoms with van der Waals surface area (Å²) < 4.78 is 0. The number of hydrogen-bond donors (Lipinski definition) is 3. The van der Waals surface area contributed by atoms with Crippen molar-refractivity contribution < 1.29 is 9.90 Å². The molecule has 1 heterocycles. The first kappa shape index (κ1) is 11.9. The predicted molar refractivity (Wildman–Crippen MR) is 62.0 cm³/mol. The van der Waals surface area contributed by atoms with Crippen molar-refractivity contribution in [1.29, 1.82) is 0 Å². The van der Waals surface area contributed by atoms with Gasteiger partial charge >= 0.3 is 0 Å². The minimum atomic E-state index is -0.614. The van der Waals surface area contributed by atoms with Crippen molar-refractivity contribution >= 4 is 5.91 Å². The zero-order valence-corrected chi connectivity index (χ0v) is 10.0. The van der Waals surface area contributed by atoms with Crippen molar-refractivity contribution in [2.75, 3.05) is 19.6 Å². The number of nitrogens with one attached hydrogen (secondary N) is 2. The van der Waals surface area contributed by atoms with Crippen LogP contribution >= 0.6 is 0 Å². The van der Waals surface area contributed by atoms with E-state index in [0.717, 1.165) is 45.2 Å². The molecule has 1 unspecified atom stereocenters. The molecule has 0 aromatic rings. The van der Waals surface area contributed by atoms with Gasteiger partial charge in [-0.3, -0.25) is 4.79 Å². The van der Waals surface area contributed by atoms with E-state index >= 15 is 0 Å². The average molecular weight is 226 g/mol. The Morgan fingerprint density at radius 2 is 2.19 bits per heavy atom. The lowest BCUT2D eigenvalue weighted by atomic mass is 9.79. The van der Waals surface area contributed by atoms with Crippen molar-refractivity contribution in [3.8, 4) is 0 Å². The van der Waals surface area contributed by atoms with Gasteiger partial charge in [-0.2, -0.15) is 0 Å². The molecule has 92 valence electrons. The normalized spacial score (nSPS) is 32.1. The molecule has 1 aliphatic heterocycles. The number of rotatable bonds is 4. The van der Waals surface area contributed by atoms with E-state index in [1.54, 1.807) is 0 Å². The zero-order chi connectivity index (χ0) is 11.6. The van der Waals surface area contributed by atoms with Crippen molar-refractivity contribution in [3.63, 3.8) is 0 Å². The largest absolute Gasteiger partial charge is 0.388 e. The maximum Gasteiger partial charge on any atom is 0.227 e. The summed E-state index contributed by atoms with van der Waals surface area (Å²) in [4.78, 5) is 12.1. The predicted octanol–water partition coefficient (Wildman–Crippen LogP) is 0.407.